The predicted molar refractivity (Wildman–Crippen MR) is 92.9 cm³/mol. The fourth-order valence-corrected chi connectivity index (χ4v) is 3.12. The number of fused-ring (bicyclic) bond motifs is 1. The van der Waals surface area contributed by atoms with Gasteiger partial charge in [-0.1, -0.05) is 0 Å². The van der Waals surface area contributed by atoms with Crippen molar-refractivity contribution in [2.24, 2.45) is 5.92 Å². The van der Waals surface area contributed by atoms with E-state index in [1.54, 1.807) is 33.0 Å². The molecule has 1 atom stereocenters. The van der Waals surface area contributed by atoms with Crippen LogP contribution in [-0.4, -0.2) is 33.7 Å². The van der Waals surface area contributed by atoms with Crippen molar-refractivity contribution in [3.8, 4) is 6.07 Å². The van der Waals surface area contributed by atoms with Gasteiger partial charge in [-0.2, -0.15) is 23.5 Å². The van der Waals surface area contributed by atoms with Gasteiger partial charge in [0.25, 0.3) is 0 Å². The Labute approximate surface area is 160 Å². The zero-order valence-corrected chi connectivity index (χ0v) is 15.9. The van der Waals surface area contributed by atoms with Crippen LogP contribution < -0.4 is 0 Å². The van der Waals surface area contributed by atoms with Gasteiger partial charge in [-0.25, -0.2) is 4.79 Å². The number of aromatic nitrogens is 2. The fourth-order valence-electron chi connectivity index (χ4n) is 3.12. The smallest absolute Gasteiger partial charge is 0.389 e. The number of halogens is 3. The SMILES string of the molecule is CC(C)(C)OC(=O)/C(=C(/C#N)C(=O)CCC(F)(F)F)C1CCc2[nH]ncc2C1. The number of hydrogen-bond donors (Lipinski definition) is 1. The Morgan fingerprint density at radius 1 is 1.36 bits per heavy atom. The molecule has 6 nitrogen and oxygen atoms in total. The third-order valence-electron chi connectivity index (χ3n) is 4.34. The lowest BCUT2D eigenvalue weighted by Gasteiger charge is -2.27. The molecule has 0 aromatic carbocycles. The highest BCUT2D eigenvalue weighted by molar-refractivity contribution is 6.07. The standard InChI is InChI=1S/C19H22F3N3O3/c1-18(2,3)28-17(27)16(11-4-5-14-12(8-11)10-24-25-14)13(9-23)15(26)6-7-19(20,21)22/h10-11H,4-8H2,1-3H3,(H,24,25)/b16-13-. The zero-order chi connectivity index (χ0) is 21.1. The number of aryl methyl sites for hydroxylation is 1. The quantitative estimate of drug-likeness (QED) is 0.465. The number of allylic oxidation sites excluding steroid dienone is 1. The van der Waals surface area contributed by atoms with Crippen LogP contribution in [0.3, 0.4) is 0 Å². The summed E-state index contributed by atoms with van der Waals surface area (Å²) in [5, 5.41) is 16.3. The number of nitrogens with one attached hydrogen (secondary N) is 1. The summed E-state index contributed by atoms with van der Waals surface area (Å²) in [5.74, 6) is -2.36. The van der Waals surface area contributed by atoms with Crippen molar-refractivity contribution < 1.29 is 27.5 Å². The molecule has 9 heteroatoms. The lowest BCUT2D eigenvalue weighted by molar-refractivity contribution is -0.150. The second-order valence-electron chi connectivity index (χ2n) is 7.75. The number of esters is 1. The van der Waals surface area contributed by atoms with Crippen molar-refractivity contribution in [2.75, 3.05) is 0 Å². The maximum Gasteiger partial charge on any atom is 0.389 e. The van der Waals surface area contributed by atoms with Crippen molar-refractivity contribution in [1.82, 2.24) is 10.2 Å². The molecule has 1 aromatic heterocycles. The van der Waals surface area contributed by atoms with Gasteiger partial charge in [0.05, 0.1) is 18.2 Å². The van der Waals surface area contributed by atoms with Gasteiger partial charge in [-0.15, -0.1) is 0 Å². The number of ketones is 1. The van der Waals surface area contributed by atoms with Gasteiger partial charge in [0.2, 0.25) is 0 Å². The Kier molecular flexibility index (Phi) is 6.32. The largest absolute Gasteiger partial charge is 0.457 e. The normalized spacial score (nSPS) is 18.0. The number of nitrogens with zero attached hydrogens (tertiary/aromatic N) is 2. The monoisotopic (exact) mass is 397 g/mol. The van der Waals surface area contributed by atoms with Crippen molar-refractivity contribution in [2.45, 2.75) is 64.7 Å². The molecular formula is C19H22F3N3O3. The molecule has 2 rings (SSSR count). The molecule has 152 valence electrons. The number of carbonyl (C=O) groups is 2. The minimum absolute atomic E-state index is 0.142. The van der Waals surface area contributed by atoms with Crippen LogP contribution in [0.15, 0.2) is 17.3 Å². The summed E-state index contributed by atoms with van der Waals surface area (Å²) in [6.07, 6.45) is -3.83. The van der Waals surface area contributed by atoms with Gasteiger partial charge < -0.3 is 4.74 Å². The minimum atomic E-state index is -4.53. The molecule has 1 aromatic rings. The third kappa shape index (κ3) is 5.68. The van der Waals surface area contributed by atoms with Gasteiger partial charge in [0.1, 0.15) is 17.2 Å². The number of Topliss-reactive ketones (excluding diaryl/α,β-unsaturated/α-hetero) is 1. The van der Waals surface area contributed by atoms with E-state index in [9.17, 15) is 28.0 Å². The minimum Gasteiger partial charge on any atom is -0.457 e. The number of aromatic amines is 1. The average Bonchev–Trinajstić information content (AvgIpc) is 3.02. The lowest BCUT2D eigenvalue weighted by Crippen LogP contribution is -2.31. The molecule has 0 aliphatic heterocycles. The van der Waals surface area contributed by atoms with E-state index in [0.29, 0.717) is 19.3 Å². The van der Waals surface area contributed by atoms with E-state index in [1.165, 1.54) is 0 Å². The van der Waals surface area contributed by atoms with E-state index in [1.807, 2.05) is 0 Å². The van der Waals surface area contributed by atoms with Crippen LogP contribution >= 0.6 is 0 Å². The molecular weight excluding hydrogens is 375 g/mol. The summed E-state index contributed by atoms with van der Waals surface area (Å²) < 4.78 is 42.8. The summed E-state index contributed by atoms with van der Waals surface area (Å²) in [6, 6.07) is 1.66. The van der Waals surface area contributed by atoms with Crippen LogP contribution in [0.1, 0.15) is 51.3 Å². The Hall–Kier alpha value is -2.63. The molecule has 1 aliphatic rings. The molecule has 1 N–H and O–H groups in total. The van der Waals surface area contributed by atoms with Crippen LogP contribution in [0.25, 0.3) is 0 Å². The van der Waals surface area contributed by atoms with Crippen molar-refractivity contribution >= 4 is 11.8 Å². The summed E-state index contributed by atoms with van der Waals surface area (Å²) in [4.78, 5) is 25.1. The highest BCUT2D eigenvalue weighted by Gasteiger charge is 2.35. The summed E-state index contributed by atoms with van der Waals surface area (Å²) >= 11 is 0. The first kappa shape index (κ1) is 21.7. The second-order valence-corrected chi connectivity index (χ2v) is 7.75. The third-order valence-corrected chi connectivity index (χ3v) is 4.34. The molecule has 0 spiro atoms. The number of nitriles is 1. The van der Waals surface area contributed by atoms with Crippen molar-refractivity contribution in [3.63, 3.8) is 0 Å². The van der Waals surface area contributed by atoms with E-state index in [0.717, 1.165) is 11.3 Å². The molecule has 0 saturated heterocycles. The molecule has 1 aliphatic carbocycles. The number of rotatable bonds is 5. The predicted octanol–water partition coefficient (Wildman–Crippen LogP) is 3.59. The number of hydrogen-bond acceptors (Lipinski definition) is 5. The first-order valence-corrected chi connectivity index (χ1v) is 8.90. The Balaban J connectivity index is 2.41. The lowest BCUT2D eigenvalue weighted by atomic mass is 9.80. The van der Waals surface area contributed by atoms with Gasteiger partial charge in [0, 0.05) is 12.1 Å². The van der Waals surface area contributed by atoms with Crippen LogP contribution in [0, 0.1) is 17.2 Å². The van der Waals surface area contributed by atoms with Crippen LogP contribution in [-0.2, 0) is 27.2 Å². The molecule has 28 heavy (non-hydrogen) atoms. The molecule has 0 fully saturated rings. The highest BCUT2D eigenvalue weighted by Crippen LogP contribution is 2.33. The summed E-state index contributed by atoms with van der Waals surface area (Å²) in [6.45, 7) is 4.90. The van der Waals surface area contributed by atoms with Crippen LogP contribution in [0.4, 0.5) is 13.2 Å². The molecule has 1 heterocycles. The number of ether oxygens (including phenoxy) is 1. The zero-order valence-electron chi connectivity index (χ0n) is 15.9. The van der Waals surface area contributed by atoms with Gasteiger partial charge >= 0.3 is 12.1 Å². The van der Waals surface area contributed by atoms with Crippen LogP contribution in [0.2, 0.25) is 0 Å². The Bertz CT molecular complexity index is 826. The summed E-state index contributed by atoms with van der Waals surface area (Å²) in [7, 11) is 0. The highest BCUT2D eigenvalue weighted by atomic mass is 19.4. The van der Waals surface area contributed by atoms with E-state index in [4.69, 9.17) is 4.74 Å². The first-order chi connectivity index (χ1) is 12.9. The molecule has 0 bridgehead atoms. The van der Waals surface area contributed by atoms with Gasteiger partial charge in [-0.05, 0) is 51.5 Å². The molecule has 0 amide bonds. The Morgan fingerprint density at radius 2 is 2.04 bits per heavy atom. The molecule has 1 unspecified atom stereocenters. The number of H-pyrrole nitrogens is 1. The fraction of sp³-hybridized carbons (Fsp3) is 0.579. The average molecular weight is 397 g/mol. The Morgan fingerprint density at radius 3 is 2.61 bits per heavy atom. The summed E-state index contributed by atoms with van der Waals surface area (Å²) in [5.41, 5.74) is 0.179. The number of alkyl halides is 3. The maximum absolute atomic E-state index is 12.8. The van der Waals surface area contributed by atoms with E-state index >= 15 is 0 Å². The van der Waals surface area contributed by atoms with E-state index in [2.05, 4.69) is 10.2 Å². The second kappa shape index (κ2) is 8.17. The topological polar surface area (TPSA) is 95.8 Å². The van der Waals surface area contributed by atoms with E-state index in [-0.39, 0.29) is 5.57 Å². The maximum atomic E-state index is 12.8. The van der Waals surface area contributed by atoms with Gasteiger partial charge in [0.15, 0.2) is 5.78 Å². The number of carbonyl (C=O) groups excluding carboxylic acids is 2. The van der Waals surface area contributed by atoms with Crippen molar-refractivity contribution in [3.05, 3.63) is 28.6 Å². The molecule has 0 radical (unpaired) electrons. The van der Waals surface area contributed by atoms with Gasteiger partial charge in [-0.3, -0.25) is 9.89 Å². The van der Waals surface area contributed by atoms with E-state index < -0.39 is 47.9 Å². The molecule has 0 saturated carbocycles. The van der Waals surface area contributed by atoms with Crippen LogP contribution in [0.5, 0.6) is 0 Å². The van der Waals surface area contributed by atoms with Crippen molar-refractivity contribution in [1.29, 1.82) is 5.26 Å². The first-order valence-electron chi connectivity index (χ1n) is 8.90.